The molecule has 0 aliphatic rings. The molecule has 0 aliphatic heterocycles. The van der Waals surface area contributed by atoms with Crippen LogP contribution in [0.2, 0.25) is 0 Å². The lowest BCUT2D eigenvalue weighted by Gasteiger charge is -2.10. The van der Waals surface area contributed by atoms with Crippen LogP contribution in [0.3, 0.4) is 0 Å². The molecule has 0 fully saturated rings. The van der Waals surface area contributed by atoms with E-state index in [1.807, 2.05) is 0 Å². The van der Waals surface area contributed by atoms with Crippen molar-refractivity contribution in [1.29, 1.82) is 0 Å². The Balaban J connectivity index is 2.57. The number of benzene rings is 1. The number of nitro benzene ring substituents is 1. The van der Waals surface area contributed by atoms with Gasteiger partial charge in [-0.25, -0.2) is 4.79 Å². The predicted octanol–water partition coefficient (Wildman–Crippen LogP) is 2.77. The lowest BCUT2D eigenvalue weighted by Crippen LogP contribution is -2.13. The fourth-order valence-corrected chi connectivity index (χ4v) is 1.66. The molecule has 2 N–H and O–H groups in total. The largest absolute Gasteiger partial charge is 0.478 e. The Labute approximate surface area is 123 Å². The van der Waals surface area contributed by atoms with Gasteiger partial charge in [0, 0.05) is 25.3 Å². The van der Waals surface area contributed by atoms with Gasteiger partial charge in [0.05, 0.1) is 22.8 Å². The van der Waals surface area contributed by atoms with E-state index in [0.29, 0.717) is 25.7 Å². The van der Waals surface area contributed by atoms with E-state index in [-0.39, 0.29) is 16.9 Å². The molecule has 0 saturated heterocycles. The quantitative estimate of drug-likeness (QED) is 0.413. The van der Waals surface area contributed by atoms with Crippen LogP contribution in [-0.4, -0.2) is 35.8 Å². The van der Waals surface area contributed by atoms with E-state index in [1.54, 1.807) is 0 Å². The average molecular weight is 296 g/mol. The van der Waals surface area contributed by atoms with Crippen LogP contribution in [0, 0.1) is 16.0 Å². The van der Waals surface area contributed by atoms with Gasteiger partial charge in [0.1, 0.15) is 0 Å². The highest BCUT2D eigenvalue weighted by Crippen LogP contribution is 2.22. The highest BCUT2D eigenvalue weighted by molar-refractivity contribution is 5.94. The third-order valence-electron chi connectivity index (χ3n) is 2.85. The van der Waals surface area contributed by atoms with Crippen LogP contribution in [0.5, 0.6) is 0 Å². The molecule has 0 radical (unpaired) electrons. The lowest BCUT2D eigenvalue weighted by molar-refractivity contribution is -0.384. The van der Waals surface area contributed by atoms with Gasteiger partial charge in [-0.1, -0.05) is 13.8 Å². The summed E-state index contributed by atoms with van der Waals surface area (Å²) in [6.45, 7) is 5.64. The summed E-state index contributed by atoms with van der Waals surface area (Å²) < 4.78 is 5.40. The van der Waals surface area contributed by atoms with Gasteiger partial charge in [-0.2, -0.15) is 0 Å². The first-order valence-corrected chi connectivity index (χ1v) is 6.75. The summed E-state index contributed by atoms with van der Waals surface area (Å²) in [5.74, 6) is -0.568. The zero-order chi connectivity index (χ0) is 15.8. The van der Waals surface area contributed by atoms with Crippen LogP contribution >= 0.6 is 0 Å². The number of hydrogen-bond donors (Lipinski definition) is 2. The molecule has 1 aromatic carbocycles. The van der Waals surface area contributed by atoms with Gasteiger partial charge in [0.15, 0.2) is 0 Å². The van der Waals surface area contributed by atoms with Crippen molar-refractivity contribution < 1.29 is 19.6 Å². The molecule has 0 saturated carbocycles. The lowest BCUT2D eigenvalue weighted by atomic mass is 10.1. The van der Waals surface area contributed by atoms with Crippen LogP contribution in [0.4, 0.5) is 11.4 Å². The topological polar surface area (TPSA) is 102 Å². The first-order chi connectivity index (χ1) is 9.91. The SMILES string of the molecule is CC(C)CCOCCNc1cc([N+](=O)[O-])ccc1C(=O)O. The van der Waals surface area contributed by atoms with Crippen molar-refractivity contribution >= 4 is 17.3 Å². The van der Waals surface area contributed by atoms with Crippen LogP contribution < -0.4 is 5.32 Å². The number of aromatic carboxylic acids is 1. The number of nitro groups is 1. The maximum absolute atomic E-state index is 11.1. The minimum absolute atomic E-state index is 0.00257. The van der Waals surface area contributed by atoms with Crippen LogP contribution in [-0.2, 0) is 4.74 Å². The molecule has 21 heavy (non-hydrogen) atoms. The summed E-state index contributed by atoms with van der Waals surface area (Å²) in [7, 11) is 0. The van der Waals surface area contributed by atoms with E-state index in [4.69, 9.17) is 9.84 Å². The van der Waals surface area contributed by atoms with Gasteiger partial charge in [-0.15, -0.1) is 0 Å². The minimum Gasteiger partial charge on any atom is -0.478 e. The zero-order valence-electron chi connectivity index (χ0n) is 12.2. The first-order valence-electron chi connectivity index (χ1n) is 6.75. The van der Waals surface area contributed by atoms with Crippen molar-refractivity contribution in [3.8, 4) is 0 Å². The summed E-state index contributed by atoms with van der Waals surface area (Å²) in [4.78, 5) is 21.2. The van der Waals surface area contributed by atoms with Crippen molar-refractivity contribution in [3.63, 3.8) is 0 Å². The number of nitrogens with one attached hydrogen (secondary N) is 1. The molecule has 0 unspecified atom stereocenters. The van der Waals surface area contributed by atoms with Gasteiger partial charge in [-0.05, 0) is 18.4 Å². The molecular weight excluding hydrogens is 276 g/mol. The summed E-state index contributed by atoms with van der Waals surface area (Å²) in [5.41, 5.74) is 0.0789. The number of hydrogen-bond acceptors (Lipinski definition) is 5. The van der Waals surface area contributed by atoms with E-state index < -0.39 is 10.9 Å². The number of carboxylic acids is 1. The van der Waals surface area contributed by atoms with E-state index in [9.17, 15) is 14.9 Å². The fraction of sp³-hybridized carbons (Fsp3) is 0.500. The summed E-state index contributed by atoms with van der Waals surface area (Å²) in [5, 5.41) is 22.6. The number of anilines is 1. The van der Waals surface area contributed by atoms with Crippen molar-refractivity contribution in [2.75, 3.05) is 25.1 Å². The van der Waals surface area contributed by atoms with Gasteiger partial charge in [0.2, 0.25) is 0 Å². The number of rotatable bonds is 9. The van der Waals surface area contributed by atoms with Gasteiger partial charge in [-0.3, -0.25) is 10.1 Å². The zero-order valence-corrected chi connectivity index (χ0v) is 12.2. The normalized spacial score (nSPS) is 10.6. The first kappa shape index (κ1) is 16.9. The molecule has 7 heteroatoms. The fourth-order valence-electron chi connectivity index (χ4n) is 1.66. The molecule has 7 nitrogen and oxygen atoms in total. The molecule has 0 bridgehead atoms. The summed E-state index contributed by atoms with van der Waals surface area (Å²) in [6, 6.07) is 3.62. The number of nitrogens with zero attached hydrogens (tertiary/aromatic N) is 1. The third-order valence-corrected chi connectivity index (χ3v) is 2.85. The third kappa shape index (κ3) is 5.78. The Morgan fingerprint density at radius 1 is 1.43 bits per heavy atom. The predicted molar refractivity (Wildman–Crippen MR) is 78.8 cm³/mol. The molecule has 1 rings (SSSR count). The van der Waals surface area contributed by atoms with Gasteiger partial charge in [0.25, 0.3) is 5.69 Å². The molecule has 0 aromatic heterocycles. The van der Waals surface area contributed by atoms with Gasteiger partial charge >= 0.3 is 5.97 Å². The molecule has 0 amide bonds. The Kier molecular flexibility index (Phi) is 6.61. The van der Waals surface area contributed by atoms with Crippen LogP contribution in [0.1, 0.15) is 30.6 Å². The molecule has 0 heterocycles. The molecule has 0 aliphatic carbocycles. The Bertz CT molecular complexity index is 502. The van der Waals surface area contributed by atoms with Gasteiger partial charge < -0.3 is 15.2 Å². The summed E-state index contributed by atoms with van der Waals surface area (Å²) in [6.07, 6.45) is 0.956. The summed E-state index contributed by atoms with van der Waals surface area (Å²) >= 11 is 0. The second-order valence-corrected chi connectivity index (χ2v) is 5.01. The molecule has 116 valence electrons. The van der Waals surface area contributed by atoms with Crippen molar-refractivity contribution in [3.05, 3.63) is 33.9 Å². The average Bonchev–Trinajstić information content (AvgIpc) is 2.41. The standard InChI is InChI=1S/C14H20N2O5/c1-10(2)5-7-21-8-6-15-13-9-11(16(19)20)3-4-12(13)14(17)18/h3-4,9-10,15H,5-8H2,1-2H3,(H,17,18). The Morgan fingerprint density at radius 2 is 2.14 bits per heavy atom. The molecular formula is C14H20N2O5. The second-order valence-electron chi connectivity index (χ2n) is 5.01. The molecule has 0 atom stereocenters. The number of non-ortho nitro benzene ring substituents is 1. The van der Waals surface area contributed by atoms with Crippen LogP contribution in [0.25, 0.3) is 0 Å². The number of carboxylic acid groups (broad SMARTS) is 1. The molecule has 0 spiro atoms. The minimum atomic E-state index is -1.13. The number of carbonyl (C=O) groups is 1. The van der Waals surface area contributed by atoms with E-state index in [0.717, 1.165) is 6.42 Å². The highest BCUT2D eigenvalue weighted by atomic mass is 16.6. The maximum atomic E-state index is 11.1. The van der Waals surface area contributed by atoms with E-state index >= 15 is 0 Å². The van der Waals surface area contributed by atoms with E-state index in [1.165, 1.54) is 18.2 Å². The van der Waals surface area contributed by atoms with Crippen LogP contribution in [0.15, 0.2) is 18.2 Å². The maximum Gasteiger partial charge on any atom is 0.337 e. The van der Waals surface area contributed by atoms with E-state index in [2.05, 4.69) is 19.2 Å². The smallest absolute Gasteiger partial charge is 0.337 e. The number of ether oxygens (including phenoxy) is 1. The highest BCUT2D eigenvalue weighted by Gasteiger charge is 2.14. The Hall–Kier alpha value is -2.15. The molecule has 1 aromatic rings. The Morgan fingerprint density at radius 3 is 2.71 bits per heavy atom. The monoisotopic (exact) mass is 296 g/mol. The van der Waals surface area contributed by atoms with Crippen molar-refractivity contribution in [2.24, 2.45) is 5.92 Å². The van der Waals surface area contributed by atoms with Crippen molar-refractivity contribution in [2.45, 2.75) is 20.3 Å². The van der Waals surface area contributed by atoms with Crippen molar-refractivity contribution in [1.82, 2.24) is 0 Å². The second kappa shape index (κ2) is 8.21.